The molecule has 0 unspecified atom stereocenters. The summed E-state index contributed by atoms with van der Waals surface area (Å²) in [5, 5.41) is 5.25. The molecule has 0 amide bonds. The minimum atomic E-state index is 0.750. The van der Waals surface area contributed by atoms with Gasteiger partial charge in [-0.25, -0.2) is 0 Å². The zero-order valence-corrected chi connectivity index (χ0v) is 9.76. The van der Waals surface area contributed by atoms with Crippen LogP contribution in [0.4, 0.5) is 0 Å². The van der Waals surface area contributed by atoms with Gasteiger partial charge in [-0.15, -0.1) is 0 Å². The maximum absolute atomic E-state index is 8.81. The molecule has 0 aliphatic carbocycles. The third-order valence-electron chi connectivity index (χ3n) is 2.61. The van der Waals surface area contributed by atoms with Gasteiger partial charge in [-0.2, -0.15) is 0 Å². The standard InChI is InChI=1S/C14H10.C2H4O/c1-2-6-12-10-14-8-4-3-7-13(14)9-11(12)5-1;1-2-3/h1-10H;2H,1H3. The molecule has 0 atom stereocenters. The predicted molar refractivity (Wildman–Crippen MR) is 73.2 cm³/mol. The van der Waals surface area contributed by atoms with Crippen molar-refractivity contribution in [2.45, 2.75) is 6.92 Å². The summed E-state index contributed by atoms with van der Waals surface area (Å²) < 4.78 is 0. The average Bonchev–Trinajstić information content (AvgIpc) is 2.37. The Labute approximate surface area is 101 Å². The van der Waals surface area contributed by atoms with Gasteiger partial charge in [-0.05, 0) is 40.6 Å². The number of carbonyl (C=O) groups is 1. The second kappa shape index (κ2) is 5.26. The smallest absolute Gasteiger partial charge is 0.116 e. The van der Waals surface area contributed by atoms with Gasteiger partial charge in [0.05, 0.1) is 0 Å². The van der Waals surface area contributed by atoms with E-state index in [2.05, 4.69) is 60.7 Å². The number of aldehydes is 1. The number of hydrogen-bond donors (Lipinski definition) is 0. The number of carbonyl (C=O) groups excluding carboxylic acids is 1. The molecule has 1 heteroatoms. The van der Waals surface area contributed by atoms with Crippen molar-refractivity contribution in [3.63, 3.8) is 0 Å². The minimum absolute atomic E-state index is 0.750. The first-order valence-corrected chi connectivity index (χ1v) is 5.62. The molecule has 0 N–H and O–H groups in total. The molecule has 0 aliphatic rings. The summed E-state index contributed by atoms with van der Waals surface area (Å²) in [6, 6.07) is 21.4. The Kier molecular flexibility index (Phi) is 3.51. The normalized spacial score (nSPS) is 9.71. The summed E-state index contributed by atoms with van der Waals surface area (Å²) in [6.45, 7) is 1.44. The Morgan fingerprint density at radius 1 is 0.706 bits per heavy atom. The summed E-state index contributed by atoms with van der Waals surface area (Å²) in [7, 11) is 0. The van der Waals surface area contributed by atoms with Crippen LogP contribution in [0, 0.1) is 0 Å². The van der Waals surface area contributed by atoms with Gasteiger partial charge in [-0.3, -0.25) is 0 Å². The SMILES string of the molecule is CC=O.c1ccc2cc3ccccc3cc2c1. The van der Waals surface area contributed by atoms with Crippen molar-refractivity contribution in [3.8, 4) is 0 Å². The van der Waals surface area contributed by atoms with Crippen molar-refractivity contribution in [1.82, 2.24) is 0 Å². The molecule has 1 nitrogen and oxygen atoms in total. The molecule has 0 radical (unpaired) electrons. The van der Waals surface area contributed by atoms with Gasteiger partial charge in [0.25, 0.3) is 0 Å². The molecule has 0 saturated carbocycles. The van der Waals surface area contributed by atoms with Gasteiger partial charge in [0.1, 0.15) is 6.29 Å². The second-order valence-corrected chi connectivity index (χ2v) is 3.78. The molecule has 0 spiro atoms. The fraction of sp³-hybridized carbons (Fsp3) is 0.0625. The first kappa shape index (κ1) is 11.3. The summed E-state index contributed by atoms with van der Waals surface area (Å²) in [5.41, 5.74) is 0. The average molecular weight is 222 g/mol. The van der Waals surface area contributed by atoms with Crippen LogP contribution in [0.1, 0.15) is 6.92 Å². The van der Waals surface area contributed by atoms with E-state index in [0.29, 0.717) is 0 Å². The lowest BCUT2D eigenvalue weighted by Crippen LogP contribution is -1.74. The first-order chi connectivity index (χ1) is 8.35. The number of fused-ring (bicyclic) bond motifs is 2. The molecule has 3 aromatic rings. The maximum atomic E-state index is 8.81. The van der Waals surface area contributed by atoms with Crippen molar-refractivity contribution in [3.05, 3.63) is 60.7 Å². The highest BCUT2D eigenvalue weighted by Crippen LogP contribution is 2.21. The lowest BCUT2D eigenvalue weighted by Gasteiger charge is -2.00. The van der Waals surface area contributed by atoms with Gasteiger partial charge >= 0.3 is 0 Å². The summed E-state index contributed by atoms with van der Waals surface area (Å²) in [6.07, 6.45) is 0.750. The van der Waals surface area contributed by atoms with Crippen LogP contribution in [0.15, 0.2) is 60.7 Å². The molecule has 17 heavy (non-hydrogen) atoms. The molecule has 0 heterocycles. The maximum Gasteiger partial charge on any atom is 0.116 e. The van der Waals surface area contributed by atoms with Gasteiger partial charge in [0.2, 0.25) is 0 Å². The molecular formula is C16H14O. The van der Waals surface area contributed by atoms with E-state index in [0.717, 1.165) is 6.29 Å². The van der Waals surface area contributed by atoms with E-state index in [-0.39, 0.29) is 0 Å². The predicted octanol–water partition coefficient (Wildman–Crippen LogP) is 4.20. The minimum Gasteiger partial charge on any atom is -0.304 e. The Hall–Kier alpha value is -2.15. The number of benzene rings is 3. The Morgan fingerprint density at radius 2 is 0.941 bits per heavy atom. The van der Waals surface area contributed by atoms with Crippen molar-refractivity contribution >= 4 is 27.8 Å². The molecule has 0 aliphatic heterocycles. The lowest BCUT2D eigenvalue weighted by molar-refractivity contribution is -0.106. The van der Waals surface area contributed by atoms with Crippen LogP contribution in [-0.2, 0) is 4.79 Å². The van der Waals surface area contributed by atoms with E-state index in [1.54, 1.807) is 0 Å². The van der Waals surface area contributed by atoms with E-state index < -0.39 is 0 Å². The third-order valence-corrected chi connectivity index (χ3v) is 2.61. The lowest BCUT2D eigenvalue weighted by atomic mass is 10.0. The zero-order valence-electron chi connectivity index (χ0n) is 9.76. The molecule has 0 saturated heterocycles. The molecule has 3 rings (SSSR count). The Balaban J connectivity index is 0.000000329. The molecule has 0 aromatic heterocycles. The van der Waals surface area contributed by atoms with E-state index in [1.165, 1.54) is 28.5 Å². The van der Waals surface area contributed by atoms with Crippen LogP contribution < -0.4 is 0 Å². The van der Waals surface area contributed by atoms with Crippen molar-refractivity contribution in [1.29, 1.82) is 0 Å². The van der Waals surface area contributed by atoms with Crippen LogP contribution in [0.25, 0.3) is 21.5 Å². The monoisotopic (exact) mass is 222 g/mol. The largest absolute Gasteiger partial charge is 0.304 e. The summed E-state index contributed by atoms with van der Waals surface area (Å²) in [5.74, 6) is 0. The highest BCUT2D eigenvalue weighted by Gasteiger charge is 1.95. The third kappa shape index (κ3) is 2.51. The van der Waals surface area contributed by atoms with E-state index >= 15 is 0 Å². The zero-order chi connectivity index (χ0) is 12.1. The van der Waals surface area contributed by atoms with E-state index in [9.17, 15) is 0 Å². The van der Waals surface area contributed by atoms with E-state index in [4.69, 9.17) is 4.79 Å². The van der Waals surface area contributed by atoms with Crippen molar-refractivity contribution < 1.29 is 4.79 Å². The highest BCUT2D eigenvalue weighted by molar-refractivity contribution is 5.98. The number of rotatable bonds is 0. The van der Waals surface area contributed by atoms with Gasteiger partial charge in [0, 0.05) is 0 Å². The van der Waals surface area contributed by atoms with Crippen molar-refractivity contribution in [2.75, 3.05) is 0 Å². The topological polar surface area (TPSA) is 17.1 Å². The second-order valence-electron chi connectivity index (χ2n) is 3.78. The van der Waals surface area contributed by atoms with Gasteiger partial charge in [0.15, 0.2) is 0 Å². The molecular weight excluding hydrogens is 208 g/mol. The molecule has 84 valence electrons. The Bertz CT molecular complexity index is 536. The van der Waals surface area contributed by atoms with Crippen LogP contribution in [-0.4, -0.2) is 6.29 Å². The van der Waals surface area contributed by atoms with E-state index in [1.807, 2.05) is 0 Å². The fourth-order valence-electron chi connectivity index (χ4n) is 1.88. The van der Waals surface area contributed by atoms with Crippen LogP contribution in [0.3, 0.4) is 0 Å². The quantitative estimate of drug-likeness (QED) is 0.411. The summed E-state index contributed by atoms with van der Waals surface area (Å²) in [4.78, 5) is 8.81. The summed E-state index contributed by atoms with van der Waals surface area (Å²) >= 11 is 0. The van der Waals surface area contributed by atoms with Gasteiger partial charge < -0.3 is 4.79 Å². The molecule has 3 aromatic carbocycles. The molecule has 0 fully saturated rings. The fourth-order valence-corrected chi connectivity index (χ4v) is 1.88. The van der Waals surface area contributed by atoms with Gasteiger partial charge in [-0.1, -0.05) is 48.5 Å². The van der Waals surface area contributed by atoms with Crippen LogP contribution >= 0.6 is 0 Å². The Morgan fingerprint density at radius 3 is 1.18 bits per heavy atom. The highest BCUT2D eigenvalue weighted by atomic mass is 16.1. The number of hydrogen-bond acceptors (Lipinski definition) is 1. The first-order valence-electron chi connectivity index (χ1n) is 5.62. The van der Waals surface area contributed by atoms with Crippen molar-refractivity contribution in [2.24, 2.45) is 0 Å². The van der Waals surface area contributed by atoms with Crippen LogP contribution in [0.2, 0.25) is 0 Å². The molecule has 0 bridgehead atoms. The van der Waals surface area contributed by atoms with Crippen LogP contribution in [0.5, 0.6) is 0 Å².